The summed E-state index contributed by atoms with van der Waals surface area (Å²) in [4.78, 5) is 11.8. The summed E-state index contributed by atoms with van der Waals surface area (Å²) in [6.45, 7) is 1.22. The van der Waals surface area contributed by atoms with E-state index in [1.165, 1.54) is 12.1 Å². The number of halogens is 2. The Kier molecular flexibility index (Phi) is 5.87. The summed E-state index contributed by atoms with van der Waals surface area (Å²) >= 11 is 9.35. The molecule has 0 unspecified atom stereocenters. The van der Waals surface area contributed by atoms with Gasteiger partial charge in [0, 0.05) is 9.50 Å². The zero-order valence-electron chi connectivity index (χ0n) is 12.7. The lowest BCUT2D eigenvalue weighted by molar-refractivity contribution is -0.119. The van der Waals surface area contributed by atoms with E-state index in [-0.39, 0.29) is 4.90 Å². The van der Waals surface area contributed by atoms with E-state index in [0.29, 0.717) is 16.3 Å². The number of nitrogens with one attached hydrogen (secondary N) is 1. The number of sulfonamides is 1. The van der Waals surface area contributed by atoms with E-state index in [2.05, 4.69) is 15.9 Å². The lowest BCUT2D eigenvalue weighted by Gasteiger charge is -2.25. The van der Waals surface area contributed by atoms with Gasteiger partial charge in [0.05, 0.1) is 10.6 Å². The molecule has 0 bridgehead atoms. The number of hydrazine groups is 1. The highest BCUT2D eigenvalue weighted by molar-refractivity contribution is 9.10. The SMILES string of the molecule is Cc1c(Cl)cccc1N(CC(=O)NN)S(=O)(=O)c1ccc(Br)cc1. The highest BCUT2D eigenvalue weighted by Gasteiger charge is 2.28. The van der Waals surface area contributed by atoms with Gasteiger partial charge in [-0.25, -0.2) is 14.3 Å². The molecule has 0 fully saturated rings. The fraction of sp³-hybridized carbons (Fsp3) is 0.133. The van der Waals surface area contributed by atoms with Gasteiger partial charge in [-0.1, -0.05) is 33.6 Å². The van der Waals surface area contributed by atoms with Crippen molar-refractivity contribution in [3.8, 4) is 0 Å². The minimum absolute atomic E-state index is 0.0508. The highest BCUT2D eigenvalue weighted by atomic mass is 79.9. The number of rotatable bonds is 5. The van der Waals surface area contributed by atoms with Crippen LogP contribution in [0.3, 0.4) is 0 Å². The maximum Gasteiger partial charge on any atom is 0.264 e. The van der Waals surface area contributed by atoms with E-state index in [1.54, 1.807) is 37.3 Å². The molecule has 0 spiro atoms. The molecular formula is C15H15BrClN3O3S. The summed E-state index contributed by atoms with van der Waals surface area (Å²) in [6.07, 6.45) is 0. The number of nitrogens with two attached hydrogens (primary N) is 1. The summed E-state index contributed by atoms with van der Waals surface area (Å²) in [5, 5.41) is 0.400. The molecule has 0 saturated heterocycles. The molecule has 0 atom stereocenters. The highest BCUT2D eigenvalue weighted by Crippen LogP contribution is 2.31. The Morgan fingerprint density at radius 3 is 2.46 bits per heavy atom. The first-order valence-corrected chi connectivity index (χ1v) is 9.41. The quantitative estimate of drug-likeness (QED) is 0.431. The van der Waals surface area contributed by atoms with Crippen LogP contribution < -0.4 is 15.6 Å². The standard InChI is InChI=1S/C15H15BrClN3O3S/c1-10-13(17)3-2-4-14(10)20(9-15(21)19-18)24(22,23)12-7-5-11(16)6-8-12/h2-8H,9,18H2,1H3,(H,19,21). The van der Waals surface area contributed by atoms with Crippen LogP contribution >= 0.6 is 27.5 Å². The van der Waals surface area contributed by atoms with Gasteiger partial charge in [0.25, 0.3) is 15.9 Å². The third-order valence-electron chi connectivity index (χ3n) is 3.36. The second-order valence-electron chi connectivity index (χ2n) is 4.92. The van der Waals surface area contributed by atoms with Gasteiger partial charge >= 0.3 is 0 Å². The fourth-order valence-corrected chi connectivity index (χ4v) is 3.99. The van der Waals surface area contributed by atoms with Crippen molar-refractivity contribution in [2.75, 3.05) is 10.8 Å². The molecule has 1 amide bonds. The zero-order chi connectivity index (χ0) is 17.9. The van der Waals surface area contributed by atoms with Crippen LogP contribution in [0.5, 0.6) is 0 Å². The number of nitrogens with zero attached hydrogens (tertiary/aromatic N) is 1. The molecule has 0 radical (unpaired) electrons. The molecule has 0 aromatic heterocycles. The lowest BCUT2D eigenvalue weighted by atomic mass is 10.2. The van der Waals surface area contributed by atoms with Gasteiger partial charge in [-0.05, 0) is 48.9 Å². The summed E-state index contributed by atoms with van der Waals surface area (Å²) in [5.41, 5.74) is 2.81. The van der Waals surface area contributed by atoms with E-state index in [1.807, 2.05) is 5.43 Å². The van der Waals surface area contributed by atoms with Crippen molar-refractivity contribution < 1.29 is 13.2 Å². The van der Waals surface area contributed by atoms with Crippen LogP contribution in [0.15, 0.2) is 51.8 Å². The Labute approximate surface area is 153 Å². The third kappa shape index (κ3) is 3.89. The van der Waals surface area contributed by atoms with E-state index in [0.717, 1.165) is 8.78 Å². The Balaban J connectivity index is 2.59. The van der Waals surface area contributed by atoms with Crippen molar-refractivity contribution in [1.82, 2.24) is 5.43 Å². The van der Waals surface area contributed by atoms with Crippen LogP contribution in [-0.4, -0.2) is 20.9 Å². The Bertz CT molecular complexity index is 857. The largest absolute Gasteiger partial charge is 0.293 e. The van der Waals surface area contributed by atoms with Crippen molar-refractivity contribution in [2.24, 2.45) is 5.84 Å². The molecule has 0 heterocycles. The number of benzene rings is 2. The summed E-state index contributed by atoms with van der Waals surface area (Å²) in [7, 11) is -3.98. The minimum atomic E-state index is -3.98. The van der Waals surface area contributed by atoms with Gasteiger partial charge in [0.15, 0.2) is 0 Å². The molecule has 0 aliphatic carbocycles. The lowest BCUT2D eigenvalue weighted by Crippen LogP contribution is -2.43. The first kappa shape index (κ1) is 18.7. The van der Waals surface area contributed by atoms with E-state index >= 15 is 0 Å². The number of hydrogen-bond acceptors (Lipinski definition) is 4. The minimum Gasteiger partial charge on any atom is -0.293 e. The predicted octanol–water partition coefficient (Wildman–Crippen LogP) is 2.60. The number of carbonyl (C=O) groups is 1. The van der Waals surface area contributed by atoms with Gasteiger partial charge in [0.1, 0.15) is 6.54 Å². The number of amides is 1. The van der Waals surface area contributed by atoms with Gasteiger partial charge in [-0.3, -0.25) is 14.5 Å². The molecule has 2 rings (SSSR count). The Morgan fingerprint density at radius 2 is 1.88 bits per heavy atom. The first-order chi connectivity index (χ1) is 11.3. The molecule has 6 nitrogen and oxygen atoms in total. The van der Waals surface area contributed by atoms with Crippen LogP contribution in [0.25, 0.3) is 0 Å². The molecule has 0 saturated carbocycles. The van der Waals surface area contributed by atoms with E-state index < -0.39 is 22.5 Å². The van der Waals surface area contributed by atoms with Crippen molar-refractivity contribution in [1.29, 1.82) is 0 Å². The summed E-state index contributed by atoms with van der Waals surface area (Å²) < 4.78 is 27.7. The van der Waals surface area contributed by atoms with Gasteiger partial charge in [-0.2, -0.15) is 0 Å². The number of anilines is 1. The van der Waals surface area contributed by atoms with Gasteiger partial charge < -0.3 is 0 Å². The fourth-order valence-electron chi connectivity index (χ4n) is 2.08. The van der Waals surface area contributed by atoms with Crippen LogP contribution in [0.4, 0.5) is 5.69 Å². The van der Waals surface area contributed by atoms with Crippen LogP contribution in [-0.2, 0) is 14.8 Å². The molecule has 0 aliphatic rings. The van der Waals surface area contributed by atoms with Gasteiger partial charge in [-0.15, -0.1) is 0 Å². The summed E-state index contributed by atoms with van der Waals surface area (Å²) in [6, 6.07) is 11.0. The second-order valence-corrected chi connectivity index (χ2v) is 8.10. The van der Waals surface area contributed by atoms with E-state index in [4.69, 9.17) is 17.4 Å². The van der Waals surface area contributed by atoms with Crippen LogP contribution in [0.2, 0.25) is 5.02 Å². The molecule has 0 aliphatic heterocycles. The molecular weight excluding hydrogens is 418 g/mol. The summed E-state index contributed by atoms with van der Waals surface area (Å²) in [5.74, 6) is 4.47. The topological polar surface area (TPSA) is 92.5 Å². The molecule has 128 valence electrons. The van der Waals surface area contributed by atoms with E-state index in [9.17, 15) is 13.2 Å². The van der Waals surface area contributed by atoms with Crippen LogP contribution in [0.1, 0.15) is 5.56 Å². The maximum absolute atomic E-state index is 13.0. The third-order valence-corrected chi connectivity index (χ3v) is 6.07. The zero-order valence-corrected chi connectivity index (χ0v) is 15.8. The molecule has 2 aromatic carbocycles. The van der Waals surface area contributed by atoms with Gasteiger partial charge in [0.2, 0.25) is 0 Å². The van der Waals surface area contributed by atoms with Crippen molar-refractivity contribution in [3.05, 3.63) is 57.5 Å². The smallest absolute Gasteiger partial charge is 0.264 e. The van der Waals surface area contributed by atoms with Crippen molar-refractivity contribution >= 4 is 49.1 Å². The molecule has 9 heteroatoms. The monoisotopic (exact) mass is 431 g/mol. The number of hydrogen-bond donors (Lipinski definition) is 2. The van der Waals surface area contributed by atoms with Crippen molar-refractivity contribution in [2.45, 2.75) is 11.8 Å². The maximum atomic E-state index is 13.0. The second kappa shape index (κ2) is 7.52. The predicted molar refractivity (Wildman–Crippen MR) is 97.2 cm³/mol. The van der Waals surface area contributed by atoms with Crippen molar-refractivity contribution in [3.63, 3.8) is 0 Å². The number of carbonyl (C=O) groups excluding carboxylic acids is 1. The Morgan fingerprint density at radius 1 is 1.25 bits per heavy atom. The Hall–Kier alpha value is -1.61. The average molecular weight is 433 g/mol. The average Bonchev–Trinajstić information content (AvgIpc) is 2.55. The normalized spacial score (nSPS) is 11.2. The molecule has 3 N–H and O–H groups in total. The molecule has 2 aromatic rings. The first-order valence-electron chi connectivity index (χ1n) is 6.80. The van der Waals surface area contributed by atoms with Crippen LogP contribution in [0, 0.1) is 6.92 Å². The molecule has 24 heavy (non-hydrogen) atoms.